The highest BCUT2D eigenvalue weighted by atomic mass is 32.2. The van der Waals surface area contributed by atoms with E-state index in [0.29, 0.717) is 24.4 Å². The van der Waals surface area contributed by atoms with Crippen LogP contribution in [0.5, 0.6) is 5.75 Å². The van der Waals surface area contributed by atoms with Crippen LogP contribution in [0.1, 0.15) is 43.4 Å². The molecule has 2 amide bonds. The van der Waals surface area contributed by atoms with Crippen LogP contribution in [0.3, 0.4) is 0 Å². The first-order valence-electron chi connectivity index (χ1n) is 13.5. The van der Waals surface area contributed by atoms with E-state index in [1.807, 2.05) is 45.9 Å². The number of nitrogens with one attached hydrogen (secondary N) is 1. The number of rotatable bonds is 13. The lowest BCUT2D eigenvalue weighted by atomic mass is 10.1. The number of benzene rings is 3. The molecule has 0 bridgehead atoms. The normalized spacial score (nSPS) is 11.9. The van der Waals surface area contributed by atoms with Gasteiger partial charge in [-0.1, -0.05) is 50.2 Å². The van der Waals surface area contributed by atoms with Crippen LogP contribution in [-0.2, 0) is 26.2 Å². The summed E-state index contributed by atoms with van der Waals surface area (Å²) in [7, 11) is -2.54. The Labute approximate surface area is 238 Å². The van der Waals surface area contributed by atoms with Crippen molar-refractivity contribution in [2.24, 2.45) is 0 Å². The summed E-state index contributed by atoms with van der Waals surface area (Å²) >= 11 is 0. The van der Waals surface area contributed by atoms with Gasteiger partial charge in [0.15, 0.2) is 0 Å². The van der Waals surface area contributed by atoms with Crippen LogP contribution < -0.4 is 14.4 Å². The minimum absolute atomic E-state index is 0.0769. The van der Waals surface area contributed by atoms with Crippen molar-refractivity contribution in [2.75, 3.05) is 24.5 Å². The van der Waals surface area contributed by atoms with Crippen molar-refractivity contribution in [3.63, 3.8) is 0 Å². The number of carbonyl (C=O) groups excluding carboxylic acids is 2. The van der Waals surface area contributed by atoms with Crippen molar-refractivity contribution in [1.29, 1.82) is 0 Å². The van der Waals surface area contributed by atoms with Gasteiger partial charge in [0.05, 0.1) is 17.7 Å². The number of aryl methyl sites for hydroxylation is 2. The van der Waals surface area contributed by atoms with Crippen molar-refractivity contribution in [3.8, 4) is 5.75 Å². The van der Waals surface area contributed by atoms with E-state index in [1.54, 1.807) is 49.6 Å². The number of anilines is 1. The summed E-state index contributed by atoms with van der Waals surface area (Å²) in [6.07, 6.45) is 1.11. The molecule has 3 aromatic rings. The van der Waals surface area contributed by atoms with Gasteiger partial charge in [0.25, 0.3) is 10.0 Å². The Morgan fingerprint density at radius 3 is 2.27 bits per heavy atom. The third-order valence-electron chi connectivity index (χ3n) is 6.81. The van der Waals surface area contributed by atoms with Crippen LogP contribution in [0.25, 0.3) is 0 Å². The van der Waals surface area contributed by atoms with E-state index in [-0.39, 0.29) is 17.3 Å². The summed E-state index contributed by atoms with van der Waals surface area (Å²) in [5.41, 5.74) is 3.05. The number of sulfonamides is 1. The molecule has 1 N–H and O–H groups in total. The largest absolute Gasteiger partial charge is 0.497 e. The third kappa shape index (κ3) is 7.41. The average molecular weight is 566 g/mol. The molecule has 0 radical (unpaired) electrons. The van der Waals surface area contributed by atoms with E-state index in [0.717, 1.165) is 27.4 Å². The SMILES string of the molecule is CCCNC(=O)[C@H](CC)N(Cc1cccc(OC)c1)C(=O)CN(c1ccc(C)c(C)c1)S(=O)(=O)c1ccccc1. The molecule has 0 aliphatic heterocycles. The molecule has 0 spiro atoms. The van der Waals surface area contributed by atoms with E-state index >= 15 is 0 Å². The van der Waals surface area contributed by atoms with Gasteiger partial charge in [-0.25, -0.2) is 8.42 Å². The minimum Gasteiger partial charge on any atom is -0.497 e. The summed E-state index contributed by atoms with van der Waals surface area (Å²) in [4.78, 5) is 28.8. The fraction of sp³-hybridized carbons (Fsp3) is 0.355. The Morgan fingerprint density at radius 1 is 0.925 bits per heavy atom. The predicted molar refractivity (Wildman–Crippen MR) is 158 cm³/mol. The van der Waals surface area contributed by atoms with Crippen molar-refractivity contribution in [2.45, 2.75) is 58.0 Å². The fourth-order valence-electron chi connectivity index (χ4n) is 4.38. The minimum atomic E-state index is -4.10. The zero-order valence-corrected chi connectivity index (χ0v) is 24.7. The number of amides is 2. The Hall–Kier alpha value is -3.85. The van der Waals surface area contributed by atoms with Gasteiger partial charge in [0, 0.05) is 13.1 Å². The third-order valence-corrected chi connectivity index (χ3v) is 8.60. The van der Waals surface area contributed by atoms with Gasteiger partial charge in [-0.15, -0.1) is 0 Å². The first-order chi connectivity index (χ1) is 19.1. The molecule has 214 valence electrons. The lowest BCUT2D eigenvalue weighted by Crippen LogP contribution is -2.52. The molecule has 9 heteroatoms. The maximum atomic E-state index is 14.1. The van der Waals surface area contributed by atoms with Crippen molar-refractivity contribution in [1.82, 2.24) is 10.2 Å². The molecule has 40 heavy (non-hydrogen) atoms. The number of methoxy groups -OCH3 is 1. The van der Waals surface area contributed by atoms with Crippen molar-refractivity contribution in [3.05, 3.63) is 89.5 Å². The van der Waals surface area contributed by atoms with E-state index in [9.17, 15) is 18.0 Å². The lowest BCUT2D eigenvalue weighted by Gasteiger charge is -2.33. The highest BCUT2D eigenvalue weighted by Gasteiger charge is 2.33. The molecular weight excluding hydrogens is 526 g/mol. The average Bonchev–Trinajstić information content (AvgIpc) is 2.96. The van der Waals surface area contributed by atoms with Crippen molar-refractivity contribution < 1.29 is 22.7 Å². The molecule has 0 aliphatic rings. The maximum absolute atomic E-state index is 14.1. The van der Waals surface area contributed by atoms with Gasteiger partial charge in [-0.2, -0.15) is 0 Å². The Bertz CT molecular complexity index is 1410. The van der Waals surface area contributed by atoms with Gasteiger partial charge < -0.3 is 15.0 Å². The summed E-state index contributed by atoms with van der Waals surface area (Å²) in [6.45, 7) is 7.75. The summed E-state index contributed by atoms with van der Waals surface area (Å²) in [5, 5.41) is 2.89. The van der Waals surface area contributed by atoms with Crippen LogP contribution in [0.2, 0.25) is 0 Å². The van der Waals surface area contributed by atoms with Crippen LogP contribution in [-0.4, -0.2) is 51.4 Å². The number of ether oxygens (including phenoxy) is 1. The maximum Gasteiger partial charge on any atom is 0.264 e. The van der Waals surface area contributed by atoms with E-state index in [4.69, 9.17) is 4.74 Å². The number of carbonyl (C=O) groups is 2. The summed E-state index contributed by atoms with van der Waals surface area (Å²) in [5.74, 6) is -0.139. The number of hydrogen-bond acceptors (Lipinski definition) is 5. The monoisotopic (exact) mass is 565 g/mol. The van der Waals surface area contributed by atoms with Gasteiger partial charge in [-0.3, -0.25) is 13.9 Å². The molecule has 3 rings (SSSR count). The lowest BCUT2D eigenvalue weighted by molar-refractivity contribution is -0.140. The topological polar surface area (TPSA) is 96.0 Å². The first kappa shape index (κ1) is 30.7. The predicted octanol–water partition coefficient (Wildman–Crippen LogP) is 4.84. The highest BCUT2D eigenvalue weighted by Crippen LogP contribution is 2.27. The molecule has 0 unspecified atom stereocenters. The zero-order chi connectivity index (χ0) is 29.3. The second-order valence-electron chi connectivity index (χ2n) is 9.68. The van der Waals surface area contributed by atoms with E-state index < -0.39 is 28.5 Å². The Balaban J connectivity index is 2.07. The molecule has 0 aliphatic carbocycles. The van der Waals surface area contributed by atoms with Crippen LogP contribution >= 0.6 is 0 Å². The zero-order valence-electron chi connectivity index (χ0n) is 23.9. The van der Waals surface area contributed by atoms with Crippen molar-refractivity contribution >= 4 is 27.5 Å². The van der Waals surface area contributed by atoms with E-state index in [1.165, 1.54) is 17.0 Å². The van der Waals surface area contributed by atoms with E-state index in [2.05, 4.69) is 5.32 Å². The standard InChI is InChI=1S/C31H39N3O5S/c1-6-18-32-31(36)29(7-2)33(21-25-12-11-13-27(20-25)39-5)30(35)22-34(26-17-16-23(3)24(4)19-26)40(37,38)28-14-9-8-10-15-28/h8-17,19-20,29H,6-7,18,21-22H2,1-5H3,(H,32,36)/t29-/m0/s1. The summed E-state index contributed by atoms with van der Waals surface area (Å²) in [6, 6.07) is 19.8. The highest BCUT2D eigenvalue weighted by molar-refractivity contribution is 7.92. The Kier molecular flexibility index (Phi) is 10.7. The van der Waals surface area contributed by atoms with Gasteiger partial charge >= 0.3 is 0 Å². The second-order valence-corrected chi connectivity index (χ2v) is 11.5. The van der Waals surface area contributed by atoms with Crippen LogP contribution in [0.15, 0.2) is 77.7 Å². The molecular formula is C31H39N3O5S. The van der Waals surface area contributed by atoms with Crippen LogP contribution in [0, 0.1) is 13.8 Å². The Morgan fingerprint density at radius 2 is 1.65 bits per heavy atom. The smallest absolute Gasteiger partial charge is 0.264 e. The number of hydrogen-bond donors (Lipinski definition) is 1. The van der Waals surface area contributed by atoms with Gasteiger partial charge in [0.2, 0.25) is 11.8 Å². The fourth-order valence-corrected chi connectivity index (χ4v) is 5.81. The molecule has 8 nitrogen and oxygen atoms in total. The molecule has 0 fully saturated rings. The summed E-state index contributed by atoms with van der Waals surface area (Å²) < 4.78 is 34.3. The molecule has 0 heterocycles. The van der Waals surface area contributed by atoms with Gasteiger partial charge in [-0.05, 0) is 79.8 Å². The molecule has 3 aromatic carbocycles. The van der Waals surface area contributed by atoms with Gasteiger partial charge in [0.1, 0.15) is 18.3 Å². The second kappa shape index (κ2) is 14.0. The number of nitrogens with zero attached hydrogens (tertiary/aromatic N) is 2. The molecule has 1 atom stereocenters. The molecule has 0 saturated heterocycles. The molecule has 0 saturated carbocycles. The quantitative estimate of drug-likeness (QED) is 0.320. The first-order valence-corrected chi connectivity index (χ1v) is 14.9. The van der Waals surface area contributed by atoms with Crippen LogP contribution in [0.4, 0.5) is 5.69 Å². The molecule has 0 aromatic heterocycles.